The van der Waals surface area contributed by atoms with E-state index in [9.17, 15) is 22.2 Å². The number of amides is 1. The molecule has 9 heteroatoms. The van der Waals surface area contributed by atoms with Crippen molar-refractivity contribution in [2.75, 3.05) is 17.7 Å². The Kier molecular flexibility index (Phi) is 6.98. The molecule has 1 aromatic heterocycles. The molecule has 168 valence electrons. The van der Waals surface area contributed by atoms with Gasteiger partial charge in [-0.2, -0.15) is 13.8 Å². The zero-order chi connectivity index (χ0) is 23.5. The number of carbonyl (C=O) groups is 1. The van der Waals surface area contributed by atoms with Crippen molar-refractivity contribution in [2.24, 2.45) is 0 Å². The van der Waals surface area contributed by atoms with E-state index in [2.05, 4.69) is 4.98 Å². The first-order valence-electron chi connectivity index (χ1n) is 9.86. The Morgan fingerprint density at radius 3 is 2.28 bits per heavy atom. The Hall–Kier alpha value is -3.20. The number of rotatable bonds is 7. The van der Waals surface area contributed by atoms with Crippen LogP contribution in [0.5, 0.6) is 0 Å². The first-order chi connectivity index (χ1) is 15.1. The van der Waals surface area contributed by atoms with Crippen LogP contribution in [-0.4, -0.2) is 27.9 Å². The minimum atomic E-state index is -3.23. The van der Waals surface area contributed by atoms with Crippen LogP contribution in [0.3, 0.4) is 0 Å². The van der Waals surface area contributed by atoms with Crippen LogP contribution in [0, 0.1) is 22.5 Å². The van der Waals surface area contributed by atoms with Crippen molar-refractivity contribution in [3.63, 3.8) is 0 Å². The fourth-order valence-electron chi connectivity index (χ4n) is 3.20. The lowest BCUT2D eigenvalue weighted by Crippen LogP contribution is -2.25. The van der Waals surface area contributed by atoms with Gasteiger partial charge < -0.3 is 4.90 Å². The molecule has 0 aliphatic carbocycles. The highest BCUT2D eigenvalue weighted by Crippen LogP contribution is 2.28. The molecule has 0 bridgehead atoms. The van der Waals surface area contributed by atoms with Gasteiger partial charge in [0.1, 0.15) is 5.82 Å². The van der Waals surface area contributed by atoms with Crippen molar-refractivity contribution in [3.05, 3.63) is 77.9 Å². The Bertz CT molecular complexity index is 1250. The molecule has 32 heavy (non-hydrogen) atoms. The van der Waals surface area contributed by atoms with Crippen LogP contribution in [0.15, 0.2) is 59.5 Å². The molecule has 0 spiro atoms. The van der Waals surface area contributed by atoms with E-state index in [1.807, 2.05) is 0 Å². The van der Waals surface area contributed by atoms with Crippen LogP contribution in [0.1, 0.15) is 18.9 Å². The van der Waals surface area contributed by atoms with Crippen LogP contribution >= 0.6 is 0 Å². The summed E-state index contributed by atoms with van der Waals surface area (Å²) < 4.78 is 62.1. The monoisotopic (exact) mass is 461 g/mol. The maximum Gasteiger partial charge on any atom is 0.226 e. The van der Waals surface area contributed by atoms with Crippen molar-refractivity contribution in [1.82, 2.24) is 4.98 Å². The zero-order valence-corrected chi connectivity index (χ0v) is 18.4. The van der Waals surface area contributed by atoms with Crippen molar-refractivity contribution >= 4 is 21.3 Å². The Morgan fingerprint density at radius 2 is 1.69 bits per heavy atom. The molecule has 0 radical (unpaired) electrons. The maximum absolute atomic E-state index is 14.5. The average Bonchev–Trinajstić information content (AvgIpc) is 2.77. The number of aryl methyl sites for hydroxylation is 1. The topological polar surface area (TPSA) is 74.1 Å². The molecule has 0 fully saturated rings. The summed E-state index contributed by atoms with van der Waals surface area (Å²) in [6, 6.07) is 13.0. The summed E-state index contributed by atoms with van der Waals surface area (Å²) in [6.45, 7) is 1.70. The SMILES string of the molecule is CCC(=O)N(C)c1ccc(-c2ccc(S(=N)(=O)CCc3ccc(F)nc3F)cc2)cc1F. The summed E-state index contributed by atoms with van der Waals surface area (Å²) in [5.74, 6) is -2.83. The van der Waals surface area contributed by atoms with Crippen molar-refractivity contribution in [2.45, 2.75) is 24.7 Å². The molecule has 2 aromatic carbocycles. The molecular formula is C23H22F3N3O2S. The van der Waals surface area contributed by atoms with Gasteiger partial charge in [-0.15, -0.1) is 0 Å². The van der Waals surface area contributed by atoms with Gasteiger partial charge in [0.15, 0.2) is 0 Å². The molecule has 0 saturated heterocycles. The fourth-order valence-corrected chi connectivity index (χ4v) is 4.51. The number of halogens is 3. The minimum Gasteiger partial charge on any atom is -0.313 e. The highest BCUT2D eigenvalue weighted by Gasteiger charge is 2.16. The van der Waals surface area contributed by atoms with Gasteiger partial charge in [-0.1, -0.05) is 25.1 Å². The van der Waals surface area contributed by atoms with E-state index in [0.29, 0.717) is 11.1 Å². The van der Waals surface area contributed by atoms with Gasteiger partial charge in [0.05, 0.1) is 15.4 Å². The standard InChI is InChI=1S/C23H22F3N3O2S/c1-3-22(30)29(2)20-10-6-17(14-19(20)24)15-4-8-18(9-5-15)32(27,31)13-12-16-7-11-21(25)28-23(16)26/h4-11,14,27H,3,12-13H2,1-2H3. The summed E-state index contributed by atoms with van der Waals surface area (Å²) in [6.07, 6.45) is 0.232. The number of nitrogens with one attached hydrogen (secondary N) is 1. The van der Waals surface area contributed by atoms with Gasteiger partial charge in [0, 0.05) is 29.7 Å². The lowest BCUT2D eigenvalue weighted by atomic mass is 10.0. The number of benzene rings is 2. The molecule has 0 saturated carbocycles. The van der Waals surface area contributed by atoms with Crippen molar-refractivity contribution in [1.29, 1.82) is 4.78 Å². The lowest BCUT2D eigenvalue weighted by Gasteiger charge is -2.18. The van der Waals surface area contributed by atoms with E-state index in [1.165, 1.54) is 42.3 Å². The molecule has 0 aliphatic rings. The third-order valence-electron chi connectivity index (χ3n) is 5.10. The smallest absolute Gasteiger partial charge is 0.226 e. The second-order valence-corrected chi connectivity index (χ2v) is 9.44. The number of hydrogen-bond acceptors (Lipinski definition) is 4. The minimum absolute atomic E-state index is 0.0279. The predicted octanol–water partition coefficient (Wildman–Crippen LogP) is 5.19. The number of aromatic nitrogens is 1. The van der Waals surface area contributed by atoms with E-state index in [0.717, 1.165) is 6.07 Å². The molecular weight excluding hydrogens is 439 g/mol. The van der Waals surface area contributed by atoms with Gasteiger partial charge in [-0.25, -0.2) is 13.4 Å². The third-order valence-corrected chi connectivity index (χ3v) is 6.92. The van der Waals surface area contributed by atoms with E-state index in [4.69, 9.17) is 4.78 Å². The van der Waals surface area contributed by atoms with E-state index in [-0.39, 0.29) is 40.6 Å². The van der Waals surface area contributed by atoms with Crippen molar-refractivity contribution in [3.8, 4) is 11.1 Å². The predicted molar refractivity (Wildman–Crippen MR) is 117 cm³/mol. The number of nitrogens with zero attached hydrogens (tertiary/aromatic N) is 2. The van der Waals surface area contributed by atoms with Crippen LogP contribution in [-0.2, 0) is 20.9 Å². The van der Waals surface area contributed by atoms with Gasteiger partial charge >= 0.3 is 0 Å². The number of carbonyl (C=O) groups excluding carboxylic acids is 1. The summed E-state index contributed by atoms with van der Waals surface area (Å²) in [7, 11) is -1.72. The average molecular weight is 462 g/mol. The number of pyridine rings is 1. The quantitative estimate of drug-likeness (QED) is 0.492. The largest absolute Gasteiger partial charge is 0.313 e. The van der Waals surface area contributed by atoms with Crippen LogP contribution < -0.4 is 4.90 Å². The van der Waals surface area contributed by atoms with E-state index >= 15 is 0 Å². The highest BCUT2D eigenvalue weighted by molar-refractivity contribution is 7.92. The fraction of sp³-hybridized carbons (Fsp3) is 0.217. The van der Waals surface area contributed by atoms with Gasteiger partial charge in [0.2, 0.25) is 17.8 Å². The molecule has 1 atom stereocenters. The van der Waals surface area contributed by atoms with Crippen molar-refractivity contribution < 1.29 is 22.2 Å². The summed E-state index contributed by atoms with van der Waals surface area (Å²) >= 11 is 0. The zero-order valence-electron chi connectivity index (χ0n) is 17.6. The lowest BCUT2D eigenvalue weighted by molar-refractivity contribution is -0.118. The summed E-state index contributed by atoms with van der Waals surface area (Å²) in [5, 5.41) is 0. The number of hydrogen-bond donors (Lipinski definition) is 1. The second kappa shape index (κ2) is 9.52. The second-order valence-electron chi connectivity index (χ2n) is 7.21. The molecule has 1 heterocycles. The number of anilines is 1. The molecule has 1 unspecified atom stereocenters. The van der Waals surface area contributed by atoms with E-state index in [1.54, 1.807) is 25.1 Å². The maximum atomic E-state index is 14.5. The summed E-state index contributed by atoms with van der Waals surface area (Å²) in [4.78, 5) is 16.4. The van der Waals surface area contributed by atoms with E-state index < -0.39 is 27.4 Å². The van der Waals surface area contributed by atoms with Gasteiger partial charge in [-0.3, -0.25) is 4.79 Å². The molecule has 0 aliphatic heterocycles. The Morgan fingerprint density at radius 1 is 1.03 bits per heavy atom. The summed E-state index contributed by atoms with van der Waals surface area (Å²) in [5.41, 5.74) is 1.47. The first-order valence-corrected chi connectivity index (χ1v) is 11.6. The molecule has 1 amide bonds. The Labute approximate surface area is 184 Å². The normalized spacial score (nSPS) is 12.9. The van der Waals surface area contributed by atoms with Gasteiger partial charge in [0.25, 0.3) is 0 Å². The molecule has 3 aromatic rings. The molecule has 3 rings (SSSR count). The highest BCUT2D eigenvalue weighted by atomic mass is 32.2. The van der Waals surface area contributed by atoms with Crippen LogP contribution in [0.4, 0.5) is 18.9 Å². The van der Waals surface area contributed by atoms with Crippen LogP contribution in [0.25, 0.3) is 11.1 Å². The van der Waals surface area contributed by atoms with Crippen LogP contribution in [0.2, 0.25) is 0 Å². The first kappa shape index (κ1) is 23.5. The molecule has 1 N–H and O–H groups in total. The van der Waals surface area contributed by atoms with Gasteiger partial charge in [-0.05, 0) is 53.9 Å². The third kappa shape index (κ3) is 5.16. The Balaban J connectivity index is 1.76. The molecule has 5 nitrogen and oxygen atoms in total.